The Morgan fingerprint density at radius 1 is 1.43 bits per heavy atom. The van der Waals surface area contributed by atoms with Crippen molar-refractivity contribution in [2.45, 2.75) is 33.1 Å². The van der Waals surface area contributed by atoms with Crippen LogP contribution in [0.3, 0.4) is 0 Å². The van der Waals surface area contributed by atoms with Gasteiger partial charge in [-0.3, -0.25) is 9.59 Å². The van der Waals surface area contributed by atoms with E-state index in [2.05, 4.69) is 4.74 Å². The summed E-state index contributed by atoms with van der Waals surface area (Å²) in [6.07, 6.45) is 2.83. The first-order valence-corrected chi connectivity index (χ1v) is 4.85. The molecule has 0 aromatic heterocycles. The van der Waals surface area contributed by atoms with Crippen molar-refractivity contribution in [1.82, 2.24) is 0 Å². The summed E-state index contributed by atoms with van der Waals surface area (Å²) >= 11 is 0. The summed E-state index contributed by atoms with van der Waals surface area (Å²) in [5, 5.41) is 0. The first-order chi connectivity index (χ1) is 6.66. The maximum absolute atomic E-state index is 10.5. The molecular weight excluding hydrogens is 184 g/mol. The molecule has 0 heterocycles. The second-order valence-electron chi connectivity index (χ2n) is 3.37. The molecule has 0 rings (SSSR count). The van der Waals surface area contributed by atoms with Crippen LogP contribution in [0.15, 0.2) is 0 Å². The number of ether oxygens (including phenoxy) is 2. The monoisotopic (exact) mass is 202 g/mol. The van der Waals surface area contributed by atoms with Crippen LogP contribution < -0.4 is 0 Å². The number of hydrogen-bond acceptors (Lipinski definition) is 4. The highest BCUT2D eigenvalue weighted by Gasteiger charge is 2.03. The molecule has 0 bridgehead atoms. The van der Waals surface area contributed by atoms with Crippen molar-refractivity contribution in [3.63, 3.8) is 0 Å². The normalized spacial score (nSPS) is 11.9. The highest BCUT2D eigenvalue weighted by Crippen LogP contribution is 2.08. The Labute approximate surface area is 84.6 Å². The van der Waals surface area contributed by atoms with Gasteiger partial charge in [-0.15, -0.1) is 0 Å². The van der Waals surface area contributed by atoms with Gasteiger partial charge in [0.05, 0.1) is 13.2 Å². The fourth-order valence-electron chi connectivity index (χ4n) is 1.07. The molecule has 0 spiro atoms. The van der Waals surface area contributed by atoms with Gasteiger partial charge in [0, 0.05) is 6.92 Å². The molecule has 0 aromatic carbocycles. The number of rotatable bonds is 8. The van der Waals surface area contributed by atoms with Crippen LogP contribution in [-0.4, -0.2) is 25.7 Å². The van der Waals surface area contributed by atoms with E-state index < -0.39 is 0 Å². The van der Waals surface area contributed by atoms with Gasteiger partial charge in [-0.05, 0) is 25.2 Å². The van der Waals surface area contributed by atoms with Gasteiger partial charge >= 0.3 is 5.97 Å². The molecule has 0 aromatic rings. The maximum Gasteiger partial charge on any atom is 0.302 e. The molecule has 4 heteroatoms. The van der Waals surface area contributed by atoms with Gasteiger partial charge in [-0.2, -0.15) is 0 Å². The molecule has 82 valence electrons. The van der Waals surface area contributed by atoms with Crippen molar-refractivity contribution in [1.29, 1.82) is 0 Å². The zero-order valence-electron chi connectivity index (χ0n) is 8.82. The standard InChI is InChI=1S/C10H18O4/c1-9(7-14-10(2)12)5-3-4-6-13-8-11/h8-9H,3-7H2,1-2H3. The minimum Gasteiger partial charge on any atom is -0.468 e. The van der Waals surface area contributed by atoms with Crippen LogP contribution in [0.5, 0.6) is 0 Å². The summed E-state index contributed by atoms with van der Waals surface area (Å²) in [5.74, 6) is 0.135. The van der Waals surface area contributed by atoms with Crippen LogP contribution in [-0.2, 0) is 19.1 Å². The molecule has 0 N–H and O–H groups in total. The lowest BCUT2D eigenvalue weighted by Gasteiger charge is -2.10. The molecule has 0 fully saturated rings. The van der Waals surface area contributed by atoms with Crippen LogP contribution in [0.2, 0.25) is 0 Å². The Kier molecular flexibility index (Phi) is 7.89. The number of esters is 1. The summed E-state index contributed by atoms with van der Waals surface area (Å²) in [7, 11) is 0. The van der Waals surface area contributed by atoms with Gasteiger partial charge in [0.2, 0.25) is 0 Å². The smallest absolute Gasteiger partial charge is 0.302 e. The molecule has 0 saturated carbocycles. The van der Waals surface area contributed by atoms with E-state index in [-0.39, 0.29) is 5.97 Å². The minimum absolute atomic E-state index is 0.235. The lowest BCUT2D eigenvalue weighted by atomic mass is 10.1. The van der Waals surface area contributed by atoms with Gasteiger partial charge in [-0.1, -0.05) is 6.92 Å². The van der Waals surface area contributed by atoms with E-state index in [1.807, 2.05) is 6.92 Å². The van der Waals surface area contributed by atoms with Gasteiger partial charge in [-0.25, -0.2) is 0 Å². The van der Waals surface area contributed by atoms with Crippen LogP contribution >= 0.6 is 0 Å². The van der Waals surface area contributed by atoms with Crippen molar-refractivity contribution in [2.75, 3.05) is 13.2 Å². The Morgan fingerprint density at radius 3 is 2.71 bits per heavy atom. The molecule has 0 aliphatic rings. The molecule has 4 nitrogen and oxygen atoms in total. The number of unbranched alkanes of at least 4 members (excludes halogenated alkanes) is 1. The molecule has 0 radical (unpaired) electrons. The average Bonchev–Trinajstić information content (AvgIpc) is 2.14. The summed E-state index contributed by atoms with van der Waals surface area (Å²) < 4.78 is 9.40. The predicted octanol–water partition coefficient (Wildman–Crippen LogP) is 1.53. The number of carbonyl (C=O) groups excluding carboxylic acids is 2. The lowest BCUT2D eigenvalue weighted by Crippen LogP contribution is -2.09. The molecular formula is C10H18O4. The fraction of sp³-hybridized carbons (Fsp3) is 0.800. The Hall–Kier alpha value is -1.06. The highest BCUT2D eigenvalue weighted by molar-refractivity contribution is 5.65. The van der Waals surface area contributed by atoms with Gasteiger partial charge in [0.25, 0.3) is 6.47 Å². The van der Waals surface area contributed by atoms with Gasteiger partial charge in [0.15, 0.2) is 0 Å². The number of hydrogen-bond donors (Lipinski definition) is 0. The first kappa shape index (κ1) is 12.9. The first-order valence-electron chi connectivity index (χ1n) is 4.85. The van der Waals surface area contributed by atoms with Crippen LogP contribution in [0.4, 0.5) is 0 Å². The highest BCUT2D eigenvalue weighted by atomic mass is 16.5. The van der Waals surface area contributed by atoms with E-state index in [0.29, 0.717) is 25.6 Å². The summed E-state index contributed by atoms with van der Waals surface area (Å²) in [4.78, 5) is 20.3. The van der Waals surface area contributed by atoms with Crippen molar-refractivity contribution in [3.05, 3.63) is 0 Å². The zero-order valence-corrected chi connectivity index (χ0v) is 8.82. The third kappa shape index (κ3) is 9.03. The SMILES string of the molecule is CC(=O)OCC(C)CCCCOC=O. The topological polar surface area (TPSA) is 52.6 Å². The molecule has 0 aliphatic carbocycles. The largest absolute Gasteiger partial charge is 0.468 e. The number of carbonyl (C=O) groups is 2. The van der Waals surface area contributed by atoms with Crippen molar-refractivity contribution < 1.29 is 19.1 Å². The van der Waals surface area contributed by atoms with Crippen LogP contribution in [0.1, 0.15) is 33.1 Å². The molecule has 0 aliphatic heterocycles. The zero-order chi connectivity index (χ0) is 10.8. The van der Waals surface area contributed by atoms with Gasteiger partial charge in [0.1, 0.15) is 0 Å². The quantitative estimate of drug-likeness (QED) is 0.340. The Morgan fingerprint density at radius 2 is 2.14 bits per heavy atom. The van der Waals surface area contributed by atoms with Crippen LogP contribution in [0, 0.1) is 5.92 Å². The second-order valence-corrected chi connectivity index (χ2v) is 3.37. The third-order valence-electron chi connectivity index (χ3n) is 1.85. The third-order valence-corrected chi connectivity index (χ3v) is 1.85. The minimum atomic E-state index is -0.235. The van der Waals surface area contributed by atoms with E-state index in [0.717, 1.165) is 19.3 Å². The lowest BCUT2D eigenvalue weighted by molar-refractivity contribution is -0.142. The maximum atomic E-state index is 10.5. The Balaban J connectivity index is 3.21. The molecule has 1 unspecified atom stereocenters. The fourth-order valence-corrected chi connectivity index (χ4v) is 1.07. The van der Waals surface area contributed by atoms with E-state index in [4.69, 9.17) is 4.74 Å². The average molecular weight is 202 g/mol. The van der Waals surface area contributed by atoms with Crippen molar-refractivity contribution in [2.24, 2.45) is 5.92 Å². The van der Waals surface area contributed by atoms with Crippen molar-refractivity contribution in [3.8, 4) is 0 Å². The van der Waals surface area contributed by atoms with Crippen molar-refractivity contribution >= 4 is 12.4 Å². The molecule has 1 atom stereocenters. The summed E-state index contributed by atoms with van der Waals surface area (Å²) in [5.41, 5.74) is 0. The second kappa shape index (κ2) is 8.53. The predicted molar refractivity (Wildman–Crippen MR) is 51.7 cm³/mol. The van der Waals surface area contributed by atoms with E-state index in [1.54, 1.807) is 0 Å². The van der Waals surface area contributed by atoms with Crippen LogP contribution in [0.25, 0.3) is 0 Å². The molecule has 14 heavy (non-hydrogen) atoms. The van der Waals surface area contributed by atoms with E-state index in [1.165, 1.54) is 6.92 Å². The molecule has 0 amide bonds. The summed E-state index contributed by atoms with van der Waals surface area (Å²) in [6, 6.07) is 0. The molecule has 0 saturated heterocycles. The Bertz CT molecular complexity index is 168. The van der Waals surface area contributed by atoms with Gasteiger partial charge < -0.3 is 9.47 Å². The van der Waals surface area contributed by atoms with E-state index in [9.17, 15) is 9.59 Å². The van der Waals surface area contributed by atoms with E-state index >= 15 is 0 Å². The summed E-state index contributed by atoms with van der Waals surface area (Å²) in [6.45, 7) is 4.85.